The minimum atomic E-state index is 0.112. The van der Waals surface area contributed by atoms with E-state index in [1.54, 1.807) is 25.3 Å². The molecule has 5 heteroatoms. The number of hydrogen-bond donors (Lipinski definition) is 2. The molecule has 0 spiro atoms. The first-order valence-electron chi connectivity index (χ1n) is 8.27. The van der Waals surface area contributed by atoms with E-state index >= 15 is 0 Å². The summed E-state index contributed by atoms with van der Waals surface area (Å²) in [5.41, 5.74) is 3.10. The molecule has 0 bridgehead atoms. The third kappa shape index (κ3) is 3.20. The number of aromatic hydroxyl groups is 2. The van der Waals surface area contributed by atoms with Crippen molar-refractivity contribution in [1.29, 1.82) is 0 Å². The third-order valence-corrected chi connectivity index (χ3v) is 4.23. The Morgan fingerprint density at radius 3 is 2.50 bits per heavy atom. The predicted molar refractivity (Wildman–Crippen MR) is 101 cm³/mol. The van der Waals surface area contributed by atoms with Gasteiger partial charge in [-0.25, -0.2) is 0 Å². The molecule has 1 heterocycles. The van der Waals surface area contributed by atoms with Crippen LogP contribution in [-0.4, -0.2) is 24.4 Å². The first kappa shape index (κ1) is 17.7. The maximum Gasteiger partial charge on any atom is 0.142 e. The number of furan rings is 1. The van der Waals surface area contributed by atoms with Crippen molar-refractivity contribution in [2.45, 2.75) is 20.3 Å². The quantitative estimate of drug-likeness (QED) is 0.628. The lowest BCUT2D eigenvalue weighted by Crippen LogP contribution is -1.92. The molecule has 0 radical (unpaired) electrons. The summed E-state index contributed by atoms with van der Waals surface area (Å²) in [6, 6.07) is 8.27. The molecule has 0 aliphatic carbocycles. The van der Waals surface area contributed by atoms with Crippen molar-refractivity contribution in [3.05, 3.63) is 47.5 Å². The summed E-state index contributed by atoms with van der Waals surface area (Å²) in [6.07, 6.45) is 2.60. The van der Waals surface area contributed by atoms with Crippen LogP contribution in [-0.2, 0) is 6.42 Å². The van der Waals surface area contributed by atoms with E-state index in [1.165, 1.54) is 13.2 Å². The second kappa shape index (κ2) is 7.04. The Morgan fingerprint density at radius 1 is 1.08 bits per heavy atom. The first-order chi connectivity index (χ1) is 12.4. The second-order valence-electron chi connectivity index (χ2n) is 6.30. The highest BCUT2D eigenvalue weighted by Crippen LogP contribution is 2.42. The van der Waals surface area contributed by atoms with Gasteiger partial charge in [-0.2, -0.15) is 0 Å². The van der Waals surface area contributed by atoms with Crippen LogP contribution in [0.15, 0.2) is 46.4 Å². The topological polar surface area (TPSA) is 72.1 Å². The molecule has 0 saturated heterocycles. The zero-order valence-electron chi connectivity index (χ0n) is 15.3. The van der Waals surface area contributed by atoms with Crippen molar-refractivity contribution in [3.8, 4) is 34.3 Å². The van der Waals surface area contributed by atoms with E-state index < -0.39 is 0 Å². The van der Waals surface area contributed by atoms with Gasteiger partial charge in [-0.1, -0.05) is 11.6 Å². The van der Waals surface area contributed by atoms with Gasteiger partial charge in [0.05, 0.1) is 25.2 Å². The van der Waals surface area contributed by atoms with Crippen LogP contribution in [0.1, 0.15) is 19.4 Å². The largest absolute Gasteiger partial charge is 0.508 e. The summed E-state index contributed by atoms with van der Waals surface area (Å²) in [4.78, 5) is 0. The van der Waals surface area contributed by atoms with Gasteiger partial charge < -0.3 is 24.1 Å². The Kier molecular flexibility index (Phi) is 4.80. The molecule has 0 atom stereocenters. The van der Waals surface area contributed by atoms with E-state index in [1.807, 2.05) is 26.0 Å². The Bertz CT molecular complexity index is 978. The van der Waals surface area contributed by atoms with E-state index in [2.05, 4.69) is 0 Å². The summed E-state index contributed by atoms with van der Waals surface area (Å²) in [6.45, 7) is 4.02. The lowest BCUT2D eigenvalue weighted by molar-refractivity contribution is 0.406. The van der Waals surface area contributed by atoms with Crippen LogP contribution in [0.25, 0.3) is 22.3 Å². The van der Waals surface area contributed by atoms with Crippen molar-refractivity contribution in [1.82, 2.24) is 0 Å². The van der Waals surface area contributed by atoms with Crippen LogP contribution in [0, 0.1) is 0 Å². The molecule has 0 fully saturated rings. The van der Waals surface area contributed by atoms with E-state index in [0.717, 1.165) is 11.0 Å². The highest BCUT2D eigenvalue weighted by molar-refractivity contribution is 5.92. The molecule has 3 aromatic rings. The van der Waals surface area contributed by atoms with Crippen LogP contribution in [0.2, 0.25) is 0 Å². The van der Waals surface area contributed by atoms with E-state index in [9.17, 15) is 10.2 Å². The van der Waals surface area contributed by atoms with Gasteiger partial charge in [0.2, 0.25) is 0 Å². The lowest BCUT2D eigenvalue weighted by Gasteiger charge is -2.10. The number of fused-ring (bicyclic) bond motifs is 1. The number of phenols is 2. The molecule has 1 aromatic heterocycles. The number of phenolic OH excluding ortho intramolecular Hbond substituents is 2. The Balaban J connectivity index is 2.19. The zero-order valence-corrected chi connectivity index (χ0v) is 15.3. The summed E-state index contributed by atoms with van der Waals surface area (Å²) in [7, 11) is 3.11. The van der Waals surface area contributed by atoms with Crippen LogP contribution in [0.3, 0.4) is 0 Å². The van der Waals surface area contributed by atoms with Gasteiger partial charge >= 0.3 is 0 Å². The van der Waals surface area contributed by atoms with Crippen LogP contribution < -0.4 is 9.47 Å². The number of benzene rings is 2. The van der Waals surface area contributed by atoms with Crippen LogP contribution in [0.4, 0.5) is 0 Å². The molecule has 0 saturated carbocycles. The third-order valence-electron chi connectivity index (χ3n) is 4.23. The number of hydrogen-bond acceptors (Lipinski definition) is 5. The predicted octanol–water partition coefficient (Wildman–Crippen LogP) is 5.04. The fraction of sp³-hybridized carbons (Fsp3) is 0.238. The number of rotatable bonds is 5. The first-order valence-corrected chi connectivity index (χ1v) is 8.27. The van der Waals surface area contributed by atoms with Crippen LogP contribution in [0.5, 0.6) is 23.0 Å². The fourth-order valence-electron chi connectivity index (χ4n) is 2.93. The molecule has 2 N–H and O–H groups in total. The van der Waals surface area contributed by atoms with Gasteiger partial charge in [-0.3, -0.25) is 0 Å². The molecule has 0 amide bonds. The summed E-state index contributed by atoms with van der Waals surface area (Å²) in [5.74, 6) is 1.89. The molecule has 136 valence electrons. The zero-order chi connectivity index (χ0) is 18.8. The van der Waals surface area contributed by atoms with Gasteiger partial charge in [0.15, 0.2) is 0 Å². The van der Waals surface area contributed by atoms with Gasteiger partial charge in [-0.15, -0.1) is 0 Å². The minimum Gasteiger partial charge on any atom is -0.508 e. The smallest absolute Gasteiger partial charge is 0.142 e. The Labute approximate surface area is 152 Å². The fourth-order valence-corrected chi connectivity index (χ4v) is 2.93. The molecule has 0 aliphatic rings. The summed E-state index contributed by atoms with van der Waals surface area (Å²) < 4.78 is 16.8. The average Bonchev–Trinajstić information content (AvgIpc) is 3.02. The molecule has 3 rings (SSSR count). The highest BCUT2D eigenvalue weighted by atomic mass is 16.5. The Morgan fingerprint density at radius 2 is 1.85 bits per heavy atom. The molecular weight excluding hydrogens is 332 g/mol. The maximum absolute atomic E-state index is 10.4. The molecular formula is C21H22O5. The molecule has 2 aromatic carbocycles. The molecule has 0 unspecified atom stereocenters. The van der Waals surface area contributed by atoms with Crippen molar-refractivity contribution in [3.63, 3.8) is 0 Å². The van der Waals surface area contributed by atoms with Crippen LogP contribution >= 0.6 is 0 Å². The second-order valence-corrected chi connectivity index (χ2v) is 6.30. The van der Waals surface area contributed by atoms with Crippen molar-refractivity contribution >= 4 is 11.0 Å². The Hall–Kier alpha value is -3.08. The maximum atomic E-state index is 10.4. The standard InChI is InChI=1S/C21H22O5/c1-12(2)5-7-14-17(23)11-20-16(21(14)25-4)10-19(26-20)15-8-6-13(22)9-18(15)24-3/h5-6,8-11,22-23H,7H2,1-4H3. The van der Waals surface area contributed by atoms with Crippen molar-refractivity contribution in [2.75, 3.05) is 14.2 Å². The normalized spacial score (nSPS) is 10.8. The van der Waals surface area contributed by atoms with E-state index in [0.29, 0.717) is 40.4 Å². The SMILES string of the molecule is COc1cc(O)ccc1-c1cc2c(OC)c(CC=C(C)C)c(O)cc2o1. The monoisotopic (exact) mass is 354 g/mol. The minimum absolute atomic E-state index is 0.112. The lowest BCUT2D eigenvalue weighted by atomic mass is 10.0. The highest BCUT2D eigenvalue weighted by Gasteiger charge is 2.19. The number of ether oxygens (including phenoxy) is 2. The van der Waals surface area contributed by atoms with Gasteiger partial charge in [-0.05, 0) is 38.5 Å². The van der Waals surface area contributed by atoms with Gasteiger partial charge in [0, 0.05) is 17.7 Å². The van der Waals surface area contributed by atoms with Gasteiger partial charge in [0.1, 0.15) is 34.3 Å². The summed E-state index contributed by atoms with van der Waals surface area (Å²) in [5, 5.41) is 20.8. The summed E-state index contributed by atoms with van der Waals surface area (Å²) >= 11 is 0. The van der Waals surface area contributed by atoms with E-state index in [-0.39, 0.29) is 11.5 Å². The average molecular weight is 354 g/mol. The molecule has 26 heavy (non-hydrogen) atoms. The number of methoxy groups -OCH3 is 2. The number of allylic oxidation sites excluding steroid dienone is 2. The van der Waals surface area contributed by atoms with E-state index in [4.69, 9.17) is 13.9 Å². The molecule has 5 nitrogen and oxygen atoms in total. The van der Waals surface area contributed by atoms with Crippen molar-refractivity contribution < 1.29 is 24.1 Å². The van der Waals surface area contributed by atoms with Gasteiger partial charge in [0.25, 0.3) is 0 Å². The molecule has 0 aliphatic heterocycles. The van der Waals surface area contributed by atoms with Crippen molar-refractivity contribution in [2.24, 2.45) is 0 Å².